The van der Waals surface area contributed by atoms with Crippen LogP contribution in [0.3, 0.4) is 0 Å². The fourth-order valence-corrected chi connectivity index (χ4v) is 3.02. The number of aromatic nitrogens is 2. The van der Waals surface area contributed by atoms with Crippen LogP contribution in [0.5, 0.6) is 5.75 Å². The van der Waals surface area contributed by atoms with Crippen molar-refractivity contribution in [2.24, 2.45) is 0 Å². The lowest BCUT2D eigenvalue weighted by molar-refractivity contribution is -0.111. The summed E-state index contributed by atoms with van der Waals surface area (Å²) in [6.07, 6.45) is 3.08. The van der Waals surface area contributed by atoms with Gasteiger partial charge in [0.15, 0.2) is 23.2 Å². The monoisotopic (exact) mass is 513 g/mol. The number of carbonyl (C=O) groups excluding carboxylic acids is 1. The number of benzene rings is 2. The van der Waals surface area contributed by atoms with Crippen LogP contribution in [0.25, 0.3) is 0 Å². The molecule has 11 heteroatoms. The number of halogens is 2. The molecule has 37 heavy (non-hydrogen) atoms. The smallest absolute Gasteiger partial charge is 0.247 e. The zero-order chi connectivity index (χ0) is 26.5. The molecule has 3 N–H and O–H groups in total. The second kappa shape index (κ2) is 14.5. The van der Waals surface area contributed by atoms with Crippen LogP contribution in [0.1, 0.15) is 13.3 Å². The maximum atomic E-state index is 14.5. The second-order valence-electron chi connectivity index (χ2n) is 7.63. The number of anilines is 5. The molecule has 3 rings (SSSR count). The van der Waals surface area contributed by atoms with Crippen molar-refractivity contribution in [3.63, 3.8) is 0 Å². The van der Waals surface area contributed by atoms with Gasteiger partial charge in [-0.1, -0.05) is 19.6 Å². The van der Waals surface area contributed by atoms with Gasteiger partial charge >= 0.3 is 0 Å². The van der Waals surface area contributed by atoms with E-state index >= 15 is 0 Å². The number of nitrogens with one attached hydrogen (secondary N) is 3. The number of amides is 1. The molecule has 0 unspecified atom stereocenters. The molecule has 0 atom stereocenters. The zero-order valence-electron chi connectivity index (χ0n) is 20.4. The lowest BCUT2D eigenvalue weighted by Crippen LogP contribution is -2.11. The van der Waals surface area contributed by atoms with E-state index in [1.165, 1.54) is 12.1 Å². The van der Waals surface area contributed by atoms with Gasteiger partial charge in [-0.25, -0.2) is 13.8 Å². The second-order valence-corrected chi connectivity index (χ2v) is 7.63. The summed E-state index contributed by atoms with van der Waals surface area (Å²) in [4.78, 5) is 19.5. The number of nitrogens with zero attached hydrogens (tertiary/aromatic N) is 2. The maximum Gasteiger partial charge on any atom is 0.247 e. The number of ether oxygens (including phenoxy) is 3. The van der Waals surface area contributed by atoms with Gasteiger partial charge in [0.25, 0.3) is 0 Å². The van der Waals surface area contributed by atoms with Crippen molar-refractivity contribution in [1.29, 1.82) is 0 Å². The molecule has 0 saturated heterocycles. The van der Waals surface area contributed by atoms with Crippen molar-refractivity contribution in [2.75, 3.05) is 49.0 Å². The number of hydrogen-bond donors (Lipinski definition) is 3. The highest BCUT2D eigenvalue weighted by molar-refractivity contribution is 5.99. The van der Waals surface area contributed by atoms with E-state index in [-0.39, 0.29) is 30.0 Å². The van der Waals surface area contributed by atoms with E-state index in [9.17, 15) is 13.6 Å². The fraction of sp³-hybridized carbons (Fsp3) is 0.269. The minimum atomic E-state index is -0.694. The molecule has 3 aromatic rings. The van der Waals surface area contributed by atoms with Crippen molar-refractivity contribution < 1.29 is 27.8 Å². The minimum absolute atomic E-state index is 0.0479. The Morgan fingerprint density at radius 3 is 2.43 bits per heavy atom. The molecular weight excluding hydrogens is 484 g/mol. The van der Waals surface area contributed by atoms with Gasteiger partial charge in [-0.05, 0) is 42.8 Å². The molecule has 1 aromatic heterocycles. The van der Waals surface area contributed by atoms with E-state index < -0.39 is 11.6 Å². The molecule has 196 valence electrons. The average molecular weight is 514 g/mol. The first-order valence-electron chi connectivity index (χ1n) is 11.7. The molecule has 0 saturated carbocycles. The third-order valence-electron chi connectivity index (χ3n) is 4.72. The summed E-state index contributed by atoms with van der Waals surface area (Å²) in [5, 5.41) is 8.30. The van der Waals surface area contributed by atoms with Crippen LogP contribution in [-0.2, 0) is 14.3 Å². The average Bonchev–Trinajstić information content (AvgIpc) is 2.89. The predicted molar refractivity (Wildman–Crippen MR) is 138 cm³/mol. The van der Waals surface area contributed by atoms with E-state index in [0.717, 1.165) is 18.7 Å². The summed E-state index contributed by atoms with van der Waals surface area (Å²) in [5.41, 5.74) is 1.32. The summed E-state index contributed by atoms with van der Waals surface area (Å²) >= 11 is 0. The summed E-state index contributed by atoms with van der Waals surface area (Å²) in [6, 6.07) is 10.9. The van der Waals surface area contributed by atoms with Crippen LogP contribution in [0.15, 0.2) is 61.3 Å². The first-order chi connectivity index (χ1) is 18.0. The first-order valence-corrected chi connectivity index (χ1v) is 11.7. The Bertz CT molecular complexity index is 1200. The van der Waals surface area contributed by atoms with Crippen LogP contribution in [0.2, 0.25) is 0 Å². The predicted octanol–water partition coefficient (Wildman–Crippen LogP) is 5.19. The molecule has 2 aromatic carbocycles. The van der Waals surface area contributed by atoms with Crippen LogP contribution < -0.4 is 20.7 Å². The van der Waals surface area contributed by atoms with Gasteiger partial charge in [0.1, 0.15) is 6.61 Å². The molecule has 0 spiro atoms. The molecule has 0 radical (unpaired) electrons. The molecule has 0 aliphatic carbocycles. The lowest BCUT2D eigenvalue weighted by atomic mass is 10.2. The van der Waals surface area contributed by atoms with Crippen molar-refractivity contribution in [1.82, 2.24) is 9.97 Å². The van der Waals surface area contributed by atoms with E-state index in [4.69, 9.17) is 14.2 Å². The van der Waals surface area contributed by atoms with Gasteiger partial charge in [-0.3, -0.25) is 4.79 Å². The molecule has 0 bridgehead atoms. The maximum absolute atomic E-state index is 14.5. The number of rotatable bonds is 15. The third kappa shape index (κ3) is 9.13. The summed E-state index contributed by atoms with van der Waals surface area (Å²) in [5.74, 6) is -1.64. The molecule has 9 nitrogen and oxygen atoms in total. The Kier molecular flexibility index (Phi) is 10.7. The highest BCUT2D eigenvalue weighted by Crippen LogP contribution is 2.25. The quantitative estimate of drug-likeness (QED) is 0.188. The first kappa shape index (κ1) is 27.5. The number of hydrogen-bond acceptors (Lipinski definition) is 8. The van der Waals surface area contributed by atoms with E-state index in [1.807, 2.05) is 6.92 Å². The van der Waals surface area contributed by atoms with E-state index in [2.05, 4.69) is 32.5 Å². The van der Waals surface area contributed by atoms with E-state index in [1.54, 1.807) is 30.3 Å². The normalized spacial score (nSPS) is 10.6. The third-order valence-corrected chi connectivity index (χ3v) is 4.72. The van der Waals surface area contributed by atoms with Crippen LogP contribution in [-0.4, -0.2) is 48.9 Å². The Morgan fingerprint density at radius 1 is 0.946 bits per heavy atom. The van der Waals surface area contributed by atoms with E-state index in [0.29, 0.717) is 43.5 Å². The Balaban J connectivity index is 1.56. The largest absolute Gasteiger partial charge is 0.488 e. The van der Waals surface area contributed by atoms with Gasteiger partial charge in [0.2, 0.25) is 11.9 Å². The standard InChI is InChI=1S/C26H29F2N5O4/c1-3-10-35-11-12-36-13-14-37-23-9-8-20(16-21(23)27)32-26-29-17-22(28)25(33-26)31-19-7-5-6-18(15-19)30-24(34)4-2/h4-9,15-17H,2-3,10-14H2,1H3,(H,30,34)(H2,29,31,32,33). The van der Waals surface area contributed by atoms with Crippen molar-refractivity contribution in [3.8, 4) is 5.75 Å². The van der Waals surface area contributed by atoms with Crippen LogP contribution in [0.4, 0.5) is 37.6 Å². The van der Waals surface area contributed by atoms with Gasteiger partial charge in [0.05, 0.1) is 26.0 Å². The molecular formula is C26H29F2N5O4. The highest BCUT2D eigenvalue weighted by Gasteiger charge is 2.11. The Morgan fingerprint density at radius 2 is 1.68 bits per heavy atom. The SMILES string of the molecule is C=CC(=O)Nc1cccc(Nc2nc(Nc3ccc(OCCOCCOCCC)c(F)c3)ncc2F)c1. The van der Waals surface area contributed by atoms with Crippen molar-refractivity contribution in [2.45, 2.75) is 13.3 Å². The Labute approximate surface area is 213 Å². The summed E-state index contributed by atoms with van der Waals surface area (Å²) < 4.78 is 44.9. The van der Waals surface area contributed by atoms with Gasteiger partial charge < -0.3 is 30.2 Å². The Hall–Kier alpha value is -4.09. The summed E-state index contributed by atoms with van der Waals surface area (Å²) in [6.45, 7) is 7.56. The molecule has 0 aliphatic rings. The molecule has 1 amide bonds. The fourth-order valence-electron chi connectivity index (χ4n) is 3.02. The lowest BCUT2D eigenvalue weighted by Gasteiger charge is -2.12. The highest BCUT2D eigenvalue weighted by atomic mass is 19.1. The molecule has 0 fully saturated rings. The van der Waals surface area contributed by atoms with Crippen molar-refractivity contribution >= 4 is 34.7 Å². The zero-order valence-corrected chi connectivity index (χ0v) is 20.4. The molecule has 1 heterocycles. The van der Waals surface area contributed by atoms with Crippen molar-refractivity contribution in [3.05, 3.63) is 73.0 Å². The van der Waals surface area contributed by atoms with Crippen LogP contribution in [0, 0.1) is 11.6 Å². The van der Waals surface area contributed by atoms with Crippen LogP contribution >= 0.6 is 0 Å². The molecule has 0 aliphatic heterocycles. The summed E-state index contributed by atoms with van der Waals surface area (Å²) in [7, 11) is 0. The topological polar surface area (TPSA) is 107 Å². The van der Waals surface area contributed by atoms with Gasteiger partial charge in [-0.15, -0.1) is 0 Å². The minimum Gasteiger partial charge on any atom is -0.488 e. The van der Waals surface area contributed by atoms with Gasteiger partial charge in [-0.2, -0.15) is 4.98 Å². The van der Waals surface area contributed by atoms with Gasteiger partial charge in [0, 0.05) is 29.7 Å². The number of carbonyl (C=O) groups is 1.